The number of hydrogen-bond acceptors (Lipinski definition) is 3. The number of methoxy groups -OCH3 is 1. The van der Waals surface area contributed by atoms with Gasteiger partial charge in [0.2, 0.25) is 0 Å². The summed E-state index contributed by atoms with van der Waals surface area (Å²) in [6.07, 6.45) is -9.97. The van der Waals surface area contributed by atoms with E-state index in [0.29, 0.717) is 24.4 Å². The molecule has 0 bridgehead atoms. The van der Waals surface area contributed by atoms with Gasteiger partial charge in [0.15, 0.2) is 5.11 Å². The number of hydrogen-bond donors (Lipinski definition) is 3. The monoisotopic (exact) mass is 603 g/mol. The van der Waals surface area contributed by atoms with Gasteiger partial charge < -0.3 is 20.7 Å². The van der Waals surface area contributed by atoms with Crippen molar-refractivity contribution in [2.45, 2.75) is 31.0 Å². The summed E-state index contributed by atoms with van der Waals surface area (Å²) in [5, 5.41) is 9.04. The normalized spacial score (nSPS) is 13.2. The van der Waals surface area contributed by atoms with E-state index in [2.05, 4.69) is 16.0 Å². The summed E-state index contributed by atoms with van der Waals surface area (Å²) < 4.78 is 85.7. The fraction of sp³-hybridized carbons (Fsp3) is 0.194. The van der Waals surface area contributed by atoms with E-state index in [9.17, 15) is 26.3 Å². The molecule has 4 aromatic rings. The van der Waals surface area contributed by atoms with Crippen LogP contribution in [0.25, 0.3) is 0 Å². The molecule has 0 saturated carbocycles. The van der Waals surface area contributed by atoms with Crippen LogP contribution in [0.2, 0.25) is 0 Å². The Morgan fingerprint density at radius 3 is 1.69 bits per heavy atom. The third-order valence-electron chi connectivity index (χ3n) is 6.47. The van der Waals surface area contributed by atoms with Crippen LogP contribution < -0.4 is 20.7 Å². The smallest absolute Gasteiger partial charge is 0.416 e. The van der Waals surface area contributed by atoms with Crippen LogP contribution >= 0.6 is 12.2 Å². The van der Waals surface area contributed by atoms with E-state index in [0.717, 1.165) is 16.7 Å². The van der Waals surface area contributed by atoms with Gasteiger partial charge in [-0.25, -0.2) is 0 Å². The molecule has 42 heavy (non-hydrogen) atoms. The van der Waals surface area contributed by atoms with Gasteiger partial charge in [0.1, 0.15) is 5.75 Å². The first-order valence-corrected chi connectivity index (χ1v) is 13.2. The number of benzene rings is 4. The van der Waals surface area contributed by atoms with Crippen LogP contribution in [-0.4, -0.2) is 12.2 Å². The fourth-order valence-electron chi connectivity index (χ4n) is 4.41. The van der Waals surface area contributed by atoms with E-state index in [1.54, 1.807) is 7.11 Å². The number of alkyl halides is 6. The second-order valence-corrected chi connectivity index (χ2v) is 9.81. The number of nitrogens with one attached hydrogen (secondary N) is 3. The highest BCUT2D eigenvalue weighted by Gasteiger charge is 2.37. The van der Waals surface area contributed by atoms with Gasteiger partial charge in [-0.1, -0.05) is 72.8 Å². The van der Waals surface area contributed by atoms with Crippen molar-refractivity contribution in [2.75, 3.05) is 12.4 Å². The highest BCUT2D eigenvalue weighted by Crippen LogP contribution is 2.38. The summed E-state index contributed by atoms with van der Waals surface area (Å²) in [5.41, 5.74) is -0.681. The van der Waals surface area contributed by atoms with Gasteiger partial charge >= 0.3 is 12.4 Å². The lowest BCUT2D eigenvalue weighted by molar-refractivity contribution is -0.143. The molecule has 4 aromatic carbocycles. The zero-order valence-corrected chi connectivity index (χ0v) is 23.1. The van der Waals surface area contributed by atoms with Crippen LogP contribution in [-0.2, 0) is 18.9 Å². The maximum absolute atomic E-state index is 13.4. The van der Waals surface area contributed by atoms with Crippen LogP contribution in [0.15, 0.2) is 103 Å². The van der Waals surface area contributed by atoms with Gasteiger partial charge in [0.05, 0.1) is 30.3 Å². The van der Waals surface area contributed by atoms with E-state index in [-0.39, 0.29) is 11.2 Å². The van der Waals surface area contributed by atoms with Gasteiger partial charge in [-0.15, -0.1) is 0 Å². The molecule has 3 N–H and O–H groups in total. The zero-order valence-electron chi connectivity index (χ0n) is 22.3. The molecule has 4 nitrogen and oxygen atoms in total. The molecule has 2 atom stereocenters. The SMILES string of the molecule is COc1ccc(CN[C@H](c2ccccc2)[C@H](NC(=S)Nc2cc(C(F)(F)F)cc(C(F)(F)F)c2)c2ccccc2)cc1. The van der Waals surface area contributed by atoms with Crippen molar-refractivity contribution in [3.63, 3.8) is 0 Å². The van der Waals surface area contributed by atoms with E-state index in [1.165, 1.54) is 0 Å². The number of thiocarbonyl (C=S) groups is 1. The van der Waals surface area contributed by atoms with Crippen LogP contribution in [0.3, 0.4) is 0 Å². The molecule has 0 unspecified atom stereocenters. The lowest BCUT2D eigenvalue weighted by Crippen LogP contribution is -2.40. The lowest BCUT2D eigenvalue weighted by atomic mass is 9.93. The van der Waals surface area contributed by atoms with Gasteiger partial charge in [0.25, 0.3) is 0 Å². The number of anilines is 1. The highest BCUT2D eigenvalue weighted by molar-refractivity contribution is 7.80. The van der Waals surface area contributed by atoms with Crippen LogP contribution in [0.4, 0.5) is 32.0 Å². The molecule has 4 rings (SSSR count). The quantitative estimate of drug-likeness (QED) is 0.133. The minimum Gasteiger partial charge on any atom is -0.497 e. The average Bonchev–Trinajstić information content (AvgIpc) is 2.97. The summed E-state index contributed by atoms with van der Waals surface area (Å²) in [6.45, 7) is 0.442. The predicted octanol–water partition coefficient (Wildman–Crippen LogP) is 8.29. The molecule has 0 heterocycles. The summed E-state index contributed by atoms with van der Waals surface area (Å²) >= 11 is 5.43. The molecular formula is C31H27F6N3OS. The molecule has 0 amide bonds. The van der Waals surface area contributed by atoms with Crippen molar-refractivity contribution in [3.8, 4) is 5.75 Å². The Hall–Kier alpha value is -4.09. The average molecular weight is 604 g/mol. The molecule has 0 saturated heterocycles. The molecule has 0 aliphatic rings. The van der Waals surface area contributed by atoms with Crippen molar-refractivity contribution < 1.29 is 31.1 Å². The zero-order chi connectivity index (χ0) is 30.3. The van der Waals surface area contributed by atoms with Gasteiger partial charge in [-0.3, -0.25) is 0 Å². The van der Waals surface area contributed by atoms with Gasteiger partial charge in [-0.05, 0) is 59.2 Å². The number of rotatable bonds is 9. The Balaban J connectivity index is 1.65. The molecule has 0 radical (unpaired) electrons. The van der Waals surface area contributed by atoms with Crippen molar-refractivity contribution >= 4 is 23.0 Å². The first-order valence-electron chi connectivity index (χ1n) is 12.8. The summed E-state index contributed by atoms with van der Waals surface area (Å²) in [7, 11) is 1.58. The second kappa shape index (κ2) is 13.3. The third-order valence-corrected chi connectivity index (χ3v) is 6.69. The topological polar surface area (TPSA) is 45.3 Å². The Morgan fingerprint density at radius 1 is 0.714 bits per heavy atom. The molecule has 11 heteroatoms. The minimum absolute atomic E-state index is 0.0724. The first-order chi connectivity index (χ1) is 19.9. The lowest BCUT2D eigenvalue weighted by Gasteiger charge is -2.31. The molecule has 0 spiro atoms. The standard InChI is InChI=1S/C31H27F6N3OS/c1-41-26-14-12-20(13-15-26)19-38-27(21-8-4-2-5-9-21)28(22-10-6-3-7-11-22)40-29(42)39-25-17-23(30(32,33)34)16-24(18-25)31(35,36)37/h2-18,27-28,38H,19H2,1H3,(H2,39,40,42)/t27-,28-/m1/s1. The molecule has 0 aromatic heterocycles. The highest BCUT2D eigenvalue weighted by atomic mass is 32.1. The van der Waals surface area contributed by atoms with Crippen molar-refractivity contribution in [1.82, 2.24) is 10.6 Å². The summed E-state index contributed by atoms with van der Waals surface area (Å²) in [5.74, 6) is 0.710. The fourth-order valence-corrected chi connectivity index (χ4v) is 4.66. The van der Waals surface area contributed by atoms with E-state index in [1.807, 2.05) is 84.9 Å². The maximum atomic E-state index is 13.4. The first kappa shape index (κ1) is 30.9. The predicted molar refractivity (Wildman–Crippen MR) is 154 cm³/mol. The molecular weight excluding hydrogens is 576 g/mol. The van der Waals surface area contributed by atoms with Crippen molar-refractivity contribution in [3.05, 3.63) is 131 Å². The van der Waals surface area contributed by atoms with Crippen LogP contribution in [0, 0.1) is 0 Å². The summed E-state index contributed by atoms with van der Waals surface area (Å²) in [4.78, 5) is 0. The minimum atomic E-state index is -4.98. The van der Waals surface area contributed by atoms with E-state index < -0.39 is 41.3 Å². The molecule has 0 aliphatic heterocycles. The molecule has 0 aliphatic carbocycles. The van der Waals surface area contributed by atoms with Crippen LogP contribution in [0.5, 0.6) is 5.75 Å². The van der Waals surface area contributed by atoms with Crippen LogP contribution in [0.1, 0.15) is 39.9 Å². The van der Waals surface area contributed by atoms with Gasteiger partial charge in [-0.2, -0.15) is 26.3 Å². The molecule has 0 fully saturated rings. The van der Waals surface area contributed by atoms with E-state index >= 15 is 0 Å². The number of ether oxygens (including phenoxy) is 1. The molecule has 220 valence electrons. The second-order valence-electron chi connectivity index (χ2n) is 9.40. The third kappa shape index (κ3) is 8.23. The van der Waals surface area contributed by atoms with Crippen molar-refractivity contribution in [2.24, 2.45) is 0 Å². The summed E-state index contributed by atoms with van der Waals surface area (Å²) in [6, 6.07) is 26.4. The van der Waals surface area contributed by atoms with E-state index in [4.69, 9.17) is 17.0 Å². The largest absolute Gasteiger partial charge is 0.497 e. The Morgan fingerprint density at radius 2 is 1.21 bits per heavy atom. The number of halogens is 6. The van der Waals surface area contributed by atoms with Gasteiger partial charge in [0, 0.05) is 12.2 Å². The Kier molecular flexibility index (Phi) is 9.74. The Labute approximate surface area is 244 Å². The maximum Gasteiger partial charge on any atom is 0.416 e. The Bertz CT molecular complexity index is 1430. The van der Waals surface area contributed by atoms with Crippen molar-refractivity contribution in [1.29, 1.82) is 0 Å².